The summed E-state index contributed by atoms with van der Waals surface area (Å²) in [6.45, 7) is 4.76. The van der Waals surface area contributed by atoms with Crippen molar-refractivity contribution in [3.05, 3.63) is 33.3 Å². The summed E-state index contributed by atoms with van der Waals surface area (Å²) < 4.78 is 0.921. The van der Waals surface area contributed by atoms with Gasteiger partial charge in [0, 0.05) is 21.1 Å². The number of hydrogen-bond acceptors (Lipinski definition) is 2. The van der Waals surface area contributed by atoms with Crippen LogP contribution in [0.3, 0.4) is 0 Å². The summed E-state index contributed by atoms with van der Waals surface area (Å²) in [5.74, 6) is 0. The normalized spacial score (nSPS) is 15.0. The molecule has 2 N–H and O–H groups in total. The molecule has 2 atom stereocenters. The van der Waals surface area contributed by atoms with Crippen molar-refractivity contribution in [2.45, 2.75) is 26.0 Å². The minimum atomic E-state index is -0.588. The summed E-state index contributed by atoms with van der Waals surface area (Å²) in [5, 5.41) is 13.8. The maximum Gasteiger partial charge on any atom is 0.0954 e. The number of halogens is 2. The third-order valence-corrected chi connectivity index (χ3v) is 3.11. The molecule has 0 amide bonds. The third kappa shape index (κ3) is 3.45. The topological polar surface area (TPSA) is 32.3 Å². The summed E-state index contributed by atoms with van der Waals surface area (Å²) in [6, 6.07) is 5.47. The maximum absolute atomic E-state index is 10.1. The molecule has 2 nitrogen and oxygen atoms in total. The lowest BCUT2D eigenvalue weighted by Gasteiger charge is -2.21. The Kier molecular flexibility index (Phi) is 5.06. The molecule has 1 aromatic carbocycles. The lowest BCUT2D eigenvalue weighted by atomic mass is 10.0. The average molecular weight is 293 g/mol. The van der Waals surface area contributed by atoms with Crippen molar-refractivity contribution in [3.63, 3.8) is 0 Å². The van der Waals surface area contributed by atoms with Crippen LogP contribution >= 0.6 is 27.5 Å². The van der Waals surface area contributed by atoms with Crippen LogP contribution in [0.5, 0.6) is 0 Å². The van der Waals surface area contributed by atoms with Crippen LogP contribution < -0.4 is 5.32 Å². The van der Waals surface area contributed by atoms with Crippen LogP contribution in [0.15, 0.2) is 22.7 Å². The maximum atomic E-state index is 10.1. The molecular formula is C11H15BrClNO. The molecule has 0 aliphatic carbocycles. The number of hydrogen-bond donors (Lipinski definition) is 2. The Labute approximate surface area is 104 Å². The first-order chi connectivity index (χ1) is 7.06. The Morgan fingerprint density at radius 3 is 2.80 bits per heavy atom. The molecule has 84 valence electrons. The van der Waals surface area contributed by atoms with Crippen LogP contribution in [0.1, 0.15) is 25.5 Å². The van der Waals surface area contributed by atoms with Gasteiger partial charge >= 0.3 is 0 Å². The van der Waals surface area contributed by atoms with Gasteiger partial charge in [-0.2, -0.15) is 0 Å². The molecule has 0 heterocycles. The second kappa shape index (κ2) is 5.85. The third-order valence-electron chi connectivity index (χ3n) is 2.28. The van der Waals surface area contributed by atoms with Gasteiger partial charge in [0.1, 0.15) is 0 Å². The first kappa shape index (κ1) is 13.0. The molecule has 1 rings (SSSR count). The van der Waals surface area contributed by atoms with E-state index in [-0.39, 0.29) is 6.04 Å². The molecule has 15 heavy (non-hydrogen) atoms. The van der Waals surface area contributed by atoms with Gasteiger partial charge in [0.05, 0.1) is 6.10 Å². The van der Waals surface area contributed by atoms with Crippen molar-refractivity contribution in [1.29, 1.82) is 0 Å². The van der Waals surface area contributed by atoms with Gasteiger partial charge in [0.15, 0.2) is 0 Å². The Morgan fingerprint density at radius 2 is 2.20 bits per heavy atom. The van der Waals surface area contributed by atoms with Gasteiger partial charge in [-0.3, -0.25) is 0 Å². The number of likely N-dealkylation sites (N-methyl/N-ethyl adjacent to an activating group) is 1. The van der Waals surface area contributed by atoms with Gasteiger partial charge in [0.25, 0.3) is 0 Å². The van der Waals surface area contributed by atoms with Crippen molar-refractivity contribution >= 4 is 27.5 Å². The van der Waals surface area contributed by atoms with Crippen molar-refractivity contribution in [3.8, 4) is 0 Å². The van der Waals surface area contributed by atoms with Gasteiger partial charge in [-0.05, 0) is 31.7 Å². The number of benzene rings is 1. The molecule has 0 aliphatic heterocycles. The molecule has 0 bridgehead atoms. The summed E-state index contributed by atoms with van der Waals surface area (Å²) >= 11 is 9.39. The van der Waals surface area contributed by atoms with E-state index in [2.05, 4.69) is 21.2 Å². The zero-order valence-corrected chi connectivity index (χ0v) is 11.1. The lowest BCUT2D eigenvalue weighted by molar-refractivity contribution is 0.137. The molecule has 1 aromatic rings. The lowest BCUT2D eigenvalue weighted by Crippen LogP contribution is -2.32. The fraction of sp³-hybridized carbons (Fsp3) is 0.455. The fourth-order valence-electron chi connectivity index (χ4n) is 1.44. The largest absolute Gasteiger partial charge is 0.387 e. The van der Waals surface area contributed by atoms with Crippen molar-refractivity contribution in [1.82, 2.24) is 5.32 Å². The standard InChI is InChI=1S/C11H15BrClNO/c1-3-14-7(2)11(15)9-6-8(12)4-5-10(9)13/h4-7,11,14-15H,3H2,1-2H3. The number of rotatable bonds is 4. The second-order valence-electron chi connectivity index (χ2n) is 3.46. The van der Waals surface area contributed by atoms with Crippen LogP contribution in [-0.4, -0.2) is 17.7 Å². The van der Waals surface area contributed by atoms with E-state index in [1.165, 1.54) is 0 Å². The molecule has 4 heteroatoms. The monoisotopic (exact) mass is 291 g/mol. The highest BCUT2D eigenvalue weighted by Gasteiger charge is 2.18. The van der Waals surface area contributed by atoms with E-state index in [1.54, 1.807) is 6.07 Å². The minimum absolute atomic E-state index is 0.0122. The Morgan fingerprint density at radius 1 is 1.53 bits per heavy atom. The fourth-order valence-corrected chi connectivity index (χ4v) is 2.05. The van der Waals surface area contributed by atoms with Crippen LogP contribution in [0.4, 0.5) is 0 Å². The highest BCUT2D eigenvalue weighted by Crippen LogP contribution is 2.28. The summed E-state index contributed by atoms with van der Waals surface area (Å²) in [6.07, 6.45) is -0.588. The summed E-state index contributed by atoms with van der Waals surface area (Å²) in [4.78, 5) is 0. The summed E-state index contributed by atoms with van der Waals surface area (Å²) in [5.41, 5.74) is 0.750. The summed E-state index contributed by atoms with van der Waals surface area (Å²) in [7, 11) is 0. The van der Waals surface area contributed by atoms with E-state index < -0.39 is 6.10 Å². The molecule has 0 saturated carbocycles. The quantitative estimate of drug-likeness (QED) is 0.893. The highest BCUT2D eigenvalue weighted by atomic mass is 79.9. The van der Waals surface area contributed by atoms with Crippen LogP contribution in [0.25, 0.3) is 0 Å². The highest BCUT2D eigenvalue weighted by molar-refractivity contribution is 9.10. The van der Waals surface area contributed by atoms with Gasteiger partial charge < -0.3 is 10.4 Å². The predicted molar refractivity (Wildman–Crippen MR) is 67.3 cm³/mol. The van der Waals surface area contributed by atoms with Crippen LogP contribution in [-0.2, 0) is 0 Å². The van der Waals surface area contributed by atoms with E-state index in [4.69, 9.17) is 11.6 Å². The predicted octanol–water partition coefficient (Wildman–Crippen LogP) is 3.13. The SMILES string of the molecule is CCNC(C)C(O)c1cc(Br)ccc1Cl. The Balaban J connectivity index is 2.89. The molecule has 0 radical (unpaired) electrons. The number of aliphatic hydroxyl groups is 1. The first-order valence-electron chi connectivity index (χ1n) is 4.92. The van der Waals surface area contributed by atoms with Crippen LogP contribution in [0, 0.1) is 0 Å². The zero-order valence-electron chi connectivity index (χ0n) is 8.80. The average Bonchev–Trinajstić information content (AvgIpc) is 2.21. The molecular weight excluding hydrogens is 277 g/mol. The van der Waals surface area contributed by atoms with Crippen LogP contribution in [0.2, 0.25) is 5.02 Å². The van der Waals surface area contributed by atoms with E-state index in [0.29, 0.717) is 5.02 Å². The number of aliphatic hydroxyl groups excluding tert-OH is 1. The minimum Gasteiger partial charge on any atom is -0.387 e. The van der Waals surface area contributed by atoms with E-state index in [0.717, 1.165) is 16.6 Å². The molecule has 0 spiro atoms. The van der Waals surface area contributed by atoms with E-state index >= 15 is 0 Å². The van der Waals surface area contributed by atoms with Crippen molar-refractivity contribution in [2.24, 2.45) is 0 Å². The molecule has 0 aliphatic rings. The molecule has 0 aromatic heterocycles. The van der Waals surface area contributed by atoms with E-state index in [9.17, 15) is 5.11 Å². The second-order valence-corrected chi connectivity index (χ2v) is 4.78. The smallest absolute Gasteiger partial charge is 0.0954 e. The Hall–Kier alpha value is -0.0900. The van der Waals surface area contributed by atoms with E-state index in [1.807, 2.05) is 26.0 Å². The molecule has 2 unspecified atom stereocenters. The van der Waals surface area contributed by atoms with Crippen molar-refractivity contribution in [2.75, 3.05) is 6.54 Å². The van der Waals surface area contributed by atoms with Gasteiger partial charge in [-0.15, -0.1) is 0 Å². The molecule has 0 fully saturated rings. The Bertz CT molecular complexity index is 332. The van der Waals surface area contributed by atoms with Gasteiger partial charge in [-0.25, -0.2) is 0 Å². The first-order valence-corrected chi connectivity index (χ1v) is 6.09. The zero-order chi connectivity index (χ0) is 11.4. The number of nitrogens with one attached hydrogen (secondary N) is 1. The van der Waals surface area contributed by atoms with Gasteiger partial charge in [0.2, 0.25) is 0 Å². The van der Waals surface area contributed by atoms with Gasteiger partial charge in [-0.1, -0.05) is 34.5 Å². The molecule has 0 saturated heterocycles. The van der Waals surface area contributed by atoms with Crippen molar-refractivity contribution < 1.29 is 5.11 Å².